The number of nitrogens with zero attached hydrogens (tertiary/aromatic N) is 2. The van der Waals surface area contributed by atoms with Crippen molar-refractivity contribution in [2.24, 2.45) is 0 Å². The van der Waals surface area contributed by atoms with Gasteiger partial charge in [0.1, 0.15) is 17.3 Å². The summed E-state index contributed by atoms with van der Waals surface area (Å²) in [6.07, 6.45) is 0.0149. The molecule has 3 rings (SSSR count). The summed E-state index contributed by atoms with van der Waals surface area (Å²) in [5.74, 6) is -0.322. The first-order valence-electron chi connectivity index (χ1n) is 11.7. The van der Waals surface area contributed by atoms with Crippen LogP contribution in [0.1, 0.15) is 44.9 Å². The van der Waals surface area contributed by atoms with Crippen LogP contribution >= 0.6 is 0 Å². The van der Waals surface area contributed by atoms with Crippen molar-refractivity contribution < 1.29 is 24.2 Å². The number of ketones is 1. The Morgan fingerprint density at radius 2 is 1.71 bits per heavy atom. The van der Waals surface area contributed by atoms with Crippen molar-refractivity contribution in [1.29, 1.82) is 0 Å². The minimum Gasteiger partial charge on any atom is -0.507 e. The third kappa shape index (κ3) is 5.25. The summed E-state index contributed by atoms with van der Waals surface area (Å²) in [6.45, 7) is 10.6. The van der Waals surface area contributed by atoms with Gasteiger partial charge in [0.05, 0.1) is 24.8 Å². The van der Waals surface area contributed by atoms with Crippen molar-refractivity contribution in [3.05, 3.63) is 65.2 Å². The molecule has 1 aliphatic rings. The Kier molecular flexibility index (Phi) is 8.34. The maximum Gasteiger partial charge on any atom is 0.295 e. The van der Waals surface area contributed by atoms with Gasteiger partial charge in [0.25, 0.3) is 11.7 Å². The number of para-hydroxylation sites is 1. The van der Waals surface area contributed by atoms with Crippen molar-refractivity contribution in [2.75, 3.05) is 33.3 Å². The Morgan fingerprint density at radius 3 is 2.29 bits per heavy atom. The van der Waals surface area contributed by atoms with Gasteiger partial charge >= 0.3 is 0 Å². The number of hydrogen-bond donors (Lipinski definition) is 1. The molecule has 0 aromatic heterocycles. The molecule has 0 unspecified atom stereocenters. The van der Waals surface area contributed by atoms with Gasteiger partial charge in [-0.05, 0) is 57.3 Å². The number of likely N-dealkylation sites (tertiary alicyclic amines) is 1. The second kappa shape index (κ2) is 11.2. The molecular formula is C27H34N2O5. The predicted octanol–water partition coefficient (Wildman–Crippen LogP) is 4.25. The predicted molar refractivity (Wildman–Crippen MR) is 132 cm³/mol. The lowest BCUT2D eigenvalue weighted by Crippen LogP contribution is -2.38. The number of carbonyl (C=O) groups excluding carboxylic acids is 2. The third-order valence-electron chi connectivity index (χ3n) is 6.02. The molecule has 0 radical (unpaired) electrons. The summed E-state index contributed by atoms with van der Waals surface area (Å²) in [7, 11) is 1.55. The molecule has 2 aromatic rings. The van der Waals surface area contributed by atoms with Crippen LogP contribution in [0.15, 0.2) is 54.1 Å². The molecule has 0 spiro atoms. The molecule has 34 heavy (non-hydrogen) atoms. The lowest BCUT2D eigenvalue weighted by molar-refractivity contribution is -0.140. The molecule has 1 fully saturated rings. The van der Waals surface area contributed by atoms with Crippen molar-refractivity contribution in [1.82, 2.24) is 9.80 Å². The number of aliphatic hydroxyl groups excluding tert-OH is 1. The molecule has 2 aromatic carbocycles. The van der Waals surface area contributed by atoms with Gasteiger partial charge in [-0.15, -0.1) is 0 Å². The summed E-state index contributed by atoms with van der Waals surface area (Å²) in [5.41, 5.74) is 1.16. The smallest absolute Gasteiger partial charge is 0.295 e. The largest absolute Gasteiger partial charge is 0.507 e. The number of ether oxygens (including phenoxy) is 2. The Bertz CT molecular complexity index is 1040. The van der Waals surface area contributed by atoms with Crippen molar-refractivity contribution in [2.45, 2.75) is 39.8 Å². The second-order valence-corrected chi connectivity index (χ2v) is 8.45. The fourth-order valence-corrected chi connectivity index (χ4v) is 4.23. The number of methoxy groups -OCH3 is 1. The van der Waals surface area contributed by atoms with Crippen LogP contribution in [0.4, 0.5) is 0 Å². The van der Waals surface area contributed by atoms with Gasteiger partial charge in [-0.3, -0.25) is 9.59 Å². The number of likely N-dealkylation sites (N-methyl/N-ethyl adjacent to an activating group) is 1. The molecule has 182 valence electrons. The van der Waals surface area contributed by atoms with Gasteiger partial charge in [-0.2, -0.15) is 0 Å². The van der Waals surface area contributed by atoms with E-state index in [-0.39, 0.29) is 17.4 Å². The van der Waals surface area contributed by atoms with E-state index in [0.717, 1.165) is 13.1 Å². The monoisotopic (exact) mass is 466 g/mol. The zero-order chi connectivity index (χ0) is 24.8. The Morgan fingerprint density at radius 1 is 1.06 bits per heavy atom. The van der Waals surface area contributed by atoms with Gasteiger partial charge in [0.2, 0.25) is 0 Å². The van der Waals surface area contributed by atoms with E-state index >= 15 is 0 Å². The molecule has 1 atom stereocenters. The van der Waals surface area contributed by atoms with Gasteiger partial charge in [0.15, 0.2) is 0 Å². The number of aliphatic hydroxyl groups is 1. The maximum absolute atomic E-state index is 13.2. The van der Waals surface area contributed by atoms with E-state index < -0.39 is 17.7 Å². The number of benzene rings is 2. The van der Waals surface area contributed by atoms with E-state index in [0.29, 0.717) is 35.7 Å². The Balaban J connectivity index is 2.09. The van der Waals surface area contributed by atoms with E-state index in [9.17, 15) is 14.7 Å². The van der Waals surface area contributed by atoms with E-state index in [2.05, 4.69) is 18.7 Å². The van der Waals surface area contributed by atoms with Crippen LogP contribution in [0.2, 0.25) is 0 Å². The first-order valence-corrected chi connectivity index (χ1v) is 11.7. The average Bonchev–Trinajstić information content (AvgIpc) is 3.09. The van der Waals surface area contributed by atoms with Crippen LogP contribution < -0.4 is 9.47 Å². The standard InChI is InChI=1S/C27H34N2O5/c1-6-28(7-2)16-17-29-24(21-10-8-9-11-22(21)33-5)23(26(31)27(29)32)25(30)19-12-14-20(15-13-19)34-18(3)4/h8-15,18,24,30H,6-7,16-17H2,1-5H3/t24-/m1/s1. The summed E-state index contributed by atoms with van der Waals surface area (Å²) < 4.78 is 11.2. The fourth-order valence-electron chi connectivity index (χ4n) is 4.23. The highest BCUT2D eigenvalue weighted by Gasteiger charge is 2.46. The second-order valence-electron chi connectivity index (χ2n) is 8.45. The summed E-state index contributed by atoms with van der Waals surface area (Å²) >= 11 is 0. The van der Waals surface area contributed by atoms with E-state index in [1.54, 1.807) is 42.3 Å². The van der Waals surface area contributed by atoms with Crippen LogP contribution in [-0.4, -0.2) is 66.0 Å². The summed E-state index contributed by atoms with van der Waals surface area (Å²) in [4.78, 5) is 30.1. The Hall–Kier alpha value is -3.32. The first kappa shape index (κ1) is 25.3. The van der Waals surface area contributed by atoms with Crippen LogP contribution in [-0.2, 0) is 9.59 Å². The van der Waals surface area contributed by atoms with Crippen molar-refractivity contribution in [3.8, 4) is 11.5 Å². The molecule has 1 saturated heterocycles. The quantitative estimate of drug-likeness (QED) is 0.320. The first-order chi connectivity index (χ1) is 16.3. The van der Waals surface area contributed by atoms with Crippen LogP contribution in [0.5, 0.6) is 11.5 Å². The number of amides is 1. The molecule has 1 N–H and O–H groups in total. The van der Waals surface area contributed by atoms with Crippen LogP contribution in [0, 0.1) is 0 Å². The number of rotatable bonds is 10. The number of hydrogen-bond acceptors (Lipinski definition) is 6. The van der Waals surface area contributed by atoms with Gasteiger partial charge in [-0.25, -0.2) is 0 Å². The SMILES string of the molecule is CCN(CC)CCN1C(=O)C(=O)C(=C(O)c2ccc(OC(C)C)cc2)[C@H]1c1ccccc1OC. The minimum atomic E-state index is -0.752. The molecule has 1 amide bonds. The summed E-state index contributed by atoms with van der Waals surface area (Å²) in [5, 5.41) is 11.3. The number of carbonyl (C=O) groups is 2. The topological polar surface area (TPSA) is 79.3 Å². The number of Topliss-reactive ketones (excluding diaryl/α,β-unsaturated/α-hetero) is 1. The van der Waals surface area contributed by atoms with Crippen LogP contribution in [0.25, 0.3) is 5.76 Å². The van der Waals surface area contributed by atoms with Crippen molar-refractivity contribution in [3.63, 3.8) is 0 Å². The van der Waals surface area contributed by atoms with Crippen molar-refractivity contribution >= 4 is 17.4 Å². The molecule has 0 aliphatic carbocycles. The minimum absolute atomic E-state index is 0.0149. The Labute approximate surface area is 201 Å². The van der Waals surface area contributed by atoms with E-state index in [1.165, 1.54) is 0 Å². The third-order valence-corrected chi connectivity index (χ3v) is 6.02. The van der Waals surface area contributed by atoms with E-state index in [4.69, 9.17) is 9.47 Å². The van der Waals surface area contributed by atoms with Gasteiger partial charge in [0, 0.05) is 24.2 Å². The highest BCUT2D eigenvalue weighted by Crippen LogP contribution is 2.42. The maximum atomic E-state index is 13.2. The summed E-state index contributed by atoms with van der Waals surface area (Å²) in [6, 6.07) is 13.4. The molecular weight excluding hydrogens is 432 g/mol. The molecule has 7 nitrogen and oxygen atoms in total. The molecule has 1 heterocycles. The highest BCUT2D eigenvalue weighted by atomic mass is 16.5. The zero-order valence-electron chi connectivity index (χ0n) is 20.6. The average molecular weight is 467 g/mol. The lowest BCUT2D eigenvalue weighted by atomic mass is 9.94. The lowest BCUT2D eigenvalue weighted by Gasteiger charge is -2.29. The molecule has 0 saturated carbocycles. The zero-order valence-corrected chi connectivity index (χ0v) is 20.6. The highest BCUT2D eigenvalue weighted by molar-refractivity contribution is 6.46. The van der Waals surface area contributed by atoms with Gasteiger partial charge < -0.3 is 24.4 Å². The normalized spacial score (nSPS) is 17.6. The molecule has 7 heteroatoms. The fraction of sp³-hybridized carbons (Fsp3) is 0.407. The molecule has 1 aliphatic heterocycles. The van der Waals surface area contributed by atoms with Gasteiger partial charge in [-0.1, -0.05) is 32.0 Å². The van der Waals surface area contributed by atoms with Crippen LogP contribution in [0.3, 0.4) is 0 Å². The van der Waals surface area contributed by atoms with E-state index in [1.807, 2.05) is 32.0 Å². The molecule has 0 bridgehead atoms.